The highest BCUT2D eigenvalue weighted by molar-refractivity contribution is 9.10. The van der Waals surface area contributed by atoms with Crippen molar-refractivity contribution in [1.29, 1.82) is 0 Å². The molecule has 0 spiro atoms. The normalized spacial score (nSPS) is 16.6. The zero-order chi connectivity index (χ0) is 10.8. The van der Waals surface area contributed by atoms with Gasteiger partial charge in [0.25, 0.3) is 0 Å². The maximum absolute atomic E-state index is 4.56. The molecule has 1 aromatic heterocycles. The quantitative estimate of drug-likeness (QED) is 0.850. The van der Waals surface area contributed by atoms with Gasteiger partial charge in [-0.3, -0.25) is 0 Å². The van der Waals surface area contributed by atoms with E-state index < -0.39 is 0 Å². The Morgan fingerprint density at radius 3 is 2.87 bits per heavy atom. The highest BCUT2D eigenvalue weighted by Crippen LogP contribution is 2.26. The van der Waals surface area contributed by atoms with E-state index in [9.17, 15) is 0 Å². The van der Waals surface area contributed by atoms with Crippen molar-refractivity contribution in [3.63, 3.8) is 0 Å². The molecule has 0 radical (unpaired) electrons. The highest BCUT2D eigenvalue weighted by Gasteiger charge is 2.27. The van der Waals surface area contributed by atoms with Crippen LogP contribution in [-0.4, -0.2) is 30.1 Å². The molecule has 0 unspecified atom stereocenters. The van der Waals surface area contributed by atoms with Crippen molar-refractivity contribution in [2.45, 2.75) is 6.92 Å². The van der Waals surface area contributed by atoms with Crippen LogP contribution in [0.4, 0.5) is 5.82 Å². The maximum Gasteiger partial charge on any atom is 0.128 e. The van der Waals surface area contributed by atoms with Crippen molar-refractivity contribution in [3.05, 3.63) is 22.3 Å². The summed E-state index contributed by atoms with van der Waals surface area (Å²) in [6, 6.07) is 4.17. The van der Waals surface area contributed by atoms with Crippen LogP contribution in [0, 0.1) is 12.8 Å². The van der Waals surface area contributed by atoms with Crippen molar-refractivity contribution in [1.82, 2.24) is 4.98 Å². The first kappa shape index (κ1) is 11.3. The fourth-order valence-corrected chi connectivity index (χ4v) is 2.71. The molecule has 1 fully saturated rings. The van der Waals surface area contributed by atoms with E-state index in [1.807, 2.05) is 18.7 Å². The van der Waals surface area contributed by atoms with E-state index in [0.29, 0.717) is 0 Å². The van der Waals surface area contributed by atoms with Crippen LogP contribution in [0.15, 0.2) is 16.6 Å². The molecular formula is C11H15BrN2S. The van der Waals surface area contributed by atoms with Gasteiger partial charge in [0.2, 0.25) is 0 Å². The number of aromatic nitrogens is 1. The summed E-state index contributed by atoms with van der Waals surface area (Å²) >= 11 is 5.40. The van der Waals surface area contributed by atoms with E-state index in [1.165, 1.54) is 5.75 Å². The van der Waals surface area contributed by atoms with Crippen molar-refractivity contribution < 1.29 is 0 Å². The Labute approximate surface area is 104 Å². The molecule has 82 valence electrons. The van der Waals surface area contributed by atoms with Crippen LogP contribution in [0.2, 0.25) is 0 Å². The third-order valence-electron chi connectivity index (χ3n) is 2.69. The lowest BCUT2D eigenvalue weighted by Gasteiger charge is -2.40. The van der Waals surface area contributed by atoms with Gasteiger partial charge in [0.15, 0.2) is 0 Å². The SMILES string of the molecule is CSCC1CN(c2ccc(Br)c(C)n2)C1. The van der Waals surface area contributed by atoms with E-state index >= 15 is 0 Å². The predicted octanol–water partition coefficient (Wildman–Crippen LogP) is 2.95. The van der Waals surface area contributed by atoms with E-state index in [0.717, 1.165) is 35.0 Å². The summed E-state index contributed by atoms with van der Waals surface area (Å²) in [5.74, 6) is 3.24. The van der Waals surface area contributed by atoms with Gasteiger partial charge in [-0.2, -0.15) is 11.8 Å². The van der Waals surface area contributed by atoms with Crippen LogP contribution < -0.4 is 4.90 Å². The smallest absolute Gasteiger partial charge is 0.128 e. The summed E-state index contributed by atoms with van der Waals surface area (Å²) in [6.07, 6.45) is 2.17. The monoisotopic (exact) mass is 286 g/mol. The topological polar surface area (TPSA) is 16.1 Å². The summed E-state index contributed by atoms with van der Waals surface area (Å²) in [5, 5.41) is 0. The fourth-order valence-electron chi connectivity index (χ4n) is 1.80. The van der Waals surface area contributed by atoms with Gasteiger partial charge < -0.3 is 4.90 Å². The van der Waals surface area contributed by atoms with E-state index in [-0.39, 0.29) is 0 Å². The molecule has 2 rings (SSSR count). The minimum atomic E-state index is 0.853. The Balaban J connectivity index is 1.98. The Morgan fingerprint density at radius 2 is 2.27 bits per heavy atom. The predicted molar refractivity (Wildman–Crippen MR) is 70.8 cm³/mol. The average molecular weight is 287 g/mol. The first-order valence-corrected chi connectivity index (χ1v) is 7.26. The van der Waals surface area contributed by atoms with Crippen molar-refractivity contribution >= 4 is 33.5 Å². The van der Waals surface area contributed by atoms with Gasteiger partial charge >= 0.3 is 0 Å². The fraction of sp³-hybridized carbons (Fsp3) is 0.545. The van der Waals surface area contributed by atoms with Gasteiger partial charge in [-0.25, -0.2) is 4.98 Å². The molecule has 2 heterocycles. The van der Waals surface area contributed by atoms with E-state index in [2.05, 4.69) is 44.2 Å². The second-order valence-electron chi connectivity index (χ2n) is 3.96. The second-order valence-corrected chi connectivity index (χ2v) is 5.73. The molecule has 0 N–H and O–H groups in total. The highest BCUT2D eigenvalue weighted by atomic mass is 79.9. The molecule has 0 aromatic carbocycles. The van der Waals surface area contributed by atoms with Gasteiger partial charge in [-0.15, -0.1) is 0 Å². The number of hydrogen-bond acceptors (Lipinski definition) is 3. The molecule has 15 heavy (non-hydrogen) atoms. The standard InChI is InChI=1S/C11H15BrN2S/c1-8-10(12)3-4-11(13-8)14-5-9(6-14)7-15-2/h3-4,9H,5-7H2,1-2H3. The Hall–Kier alpha value is -0.220. The van der Waals surface area contributed by atoms with Gasteiger partial charge in [-0.05, 0) is 47.0 Å². The lowest BCUT2D eigenvalue weighted by molar-refractivity contribution is 0.451. The van der Waals surface area contributed by atoms with E-state index in [1.54, 1.807) is 0 Å². The zero-order valence-corrected chi connectivity index (χ0v) is 11.4. The average Bonchev–Trinajstić information content (AvgIpc) is 2.16. The molecular weight excluding hydrogens is 272 g/mol. The molecule has 1 saturated heterocycles. The van der Waals surface area contributed by atoms with Crippen molar-refractivity contribution in [2.75, 3.05) is 30.0 Å². The summed E-state index contributed by atoms with van der Waals surface area (Å²) in [5.41, 5.74) is 1.07. The summed E-state index contributed by atoms with van der Waals surface area (Å²) < 4.78 is 1.09. The van der Waals surface area contributed by atoms with Crippen LogP contribution in [0.3, 0.4) is 0 Å². The first-order valence-electron chi connectivity index (χ1n) is 5.07. The number of pyridine rings is 1. The van der Waals surface area contributed by atoms with E-state index in [4.69, 9.17) is 0 Å². The largest absolute Gasteiger partial charge is 0.356 e. The number of aryl methyl sites for hydroxylation is 1. The van der Waals surface area contributed by atoms with Gasteiger partial charge in [0.05, 0.1) is 5.69 Å². The molecule has 4 heteroatoms. The molecule has 1 aromatic rings. The molecule has 0 atom stereocenters. The molecule has 0 amide bonds. The number of thioether (sulfide) groups is 1. The summed E-state index contributed by atoms with van der Waals surface area (Å²) in [4.78, 5) is 6.91. The Morgan fingerprint density at radius 1 is 1.53 bits per heavy atom. The number of halogens is 1. The lowest BCUT2D eigenvalue weighted by atomic mass is 10.0. The van der Waals surface area contributed by atoms with Crippen LogP contribution >= 0.6 is 27.7 Å². The lowest BCUT2D eigenvalue weighted by Crippen LogP contribution is -2.48. The van der Waals surface area contributed by atoms with Crippen LogP contribution in [-0.2, 0) is 0 Å². The Kier molecular flexibility index (Phi) is 3.57. The second kappa shape index (κ2) is 4.74. The molecule has 1 aliphatic heterocycles. The summed E-state index contributed by atoms with van der Waals surface area (Å²) in [6.45, 7) is 4.36. The number of nitrogens with zero attached hydrogens (tertiary/aromatic N) is 2. The zero-order valence-electron chi connectivity index (χ0n) is 9.03. The minimum absolute atomic E-state index is 0.853. The Bertz CT molecular complexity index is 350. The van der Waals surface area contributed by atoms with Crippen LogP contribution in [0.25, 0.3) is 0 Å². The first-order chi connectivity index (χ1) is 7.20. The molecule has 0 saturated carbocycles. The molecule has 0 aliphatic carbocycles. The molecule has 1 aliphatic rings. The van der Waals surface area contributed by atoms with Crippen LogP contribution in [0.1, 0.15) is 5.69 Å². The number of anilines is 1. The third-order valence-corrected chi connectivity index (χ3v) is 4.33. The van der Waals surface area contributed by atoms with Crippen molar-refractivity contribution in [3.8, 4) is 0 Å². The van der Waals surface area contributed by atoms with Gasteiger partial charge in [0.1, 0.15) is 5.82 Å². The minimum Gasteiger partial charge on any atom is -0.356 e. The molecule has 0 bridgehead atoms. The van der Waals surface area contributed by atoms with Gasteiger partial charge in [-0.1, -0.05) is 0 Å². The van der Waals surface area contributed by atoms with Crippen molar-refractivity contribution in [2.24, 2.45) is 5.92 Å². The summed E-state index contributed by atoms with van der Waals surface area (Å²) in [7, 11) is 0. The van der Waals surface area contributed by atoms with Crippen LogP contribution in [0.5, 0.6) is 0 Å². The number of rotatable bonds is 3. The number of hydrogen-bond donors (Lipinski definition) is 0. The third kappa shape index (κ3) is 2.48. The maximum atomic E-state index is 4.56. The molecule has 2 nitrogen and oxygen atoms in total. The van der Waals surface area contributed by atoms with Gasteiger partial charge in [0, 0.05) is 23.5 Å².